The normalized spacial score (nSPS) is 10.1. The van der Waals surface area contributed by atoms with Gasteiger partial charge in [-0.2, -0.15) is 0 Å². The first-order valence-electron chi connectivity index (χ1n) is 8.47. The van der Waals surface area contributed by atoms with Crippen molar-refractivity contribution in [2.75, 3.05) is 19.0 Å². The fourth-order valence-electron chi connectivity index (χ4n) is 2.32. The van der Waals surface area contributed by atoms with E-state index in [-0.39, 0.29) is 30.7 Å². The molecule has 2 N–H and O–H groups in total. The van der Waals surface area contributed by atoms with Gasteiger partial charge in [0.25, 0.3) is 5.91 Å². The topological polar surface area (TPSA) is 84.5 Å². The summed E-state index contributed by atoms with van der Waals surface area (Å²) >= 11 is 5.84. The highest BCUT2D eigenvalue weighted by molar-refractivity contribution is 6.30. The largest absolute Gasteiger partial charge is 0.469 e. The highest BCUT2D eigenvalue weighted by atomic mass is 35.5. The van der Waals surface area contributed by atoms with Gasteiger partial charge in [-0.05, 0) is 48.4 Å². The van der Waals surface area contributed by atoms with Gasteiger partial charge in [0.15, 0.2) is 0 Å². The summed E-state index contributed by atoms with van der Waals surface area (Å²) in [5.74, 6) is -0.785. The minimum absolute atomic E-state index is 0.111. The van der Waals surface area contributed by atoms with Crippen molar-refractivity contribution in [1.29, 1.82) is 0 Å². The average molecular weight is 389 g/mol. The third-order valence-corrected chi connectivity index (χ3v) is 4.08. The molecule has 27 heavy (non-hydrogen) atoms. The van der Waals surface area contributed by atoms with Crippen LogP contribution in [-0.2, 0) is 20.7 Å². The zero-order valence-electron chi connectivity index (χ0n) is 15.0. The highest BCUT2D eigenvalue weighted by Gasteiger charge is 2.08. The number of halogens is 1. The Bertz CT molecular complexity index is 789. The molecule has 0 aliphatic carbocycles. The molecule has 0 bridgehead atoms. The number of esters is 1. The van der Waals surface area contributed by atoms with E-state index in [0.29, 0.717) is 29.1 Å². The van der Waals surface area contributed by atoms with Crippen LogP contribution in [0.25, 0.3) is 0 Å². The van der Waals surface area contributed by atoms with Crippen LogP contribution >= 0.6 is 11.6 Å². The lowest BCUT2D eigenvalue weighted by molar-refractivity contribution is -0.140. The number of benzene rings is 2. The van der Waals surface area contributed by atoms with Gasteiger partial charge in [0, 0.05) is 29.2 Å². The van der Waals surface area contributed by atoms with Crippen LogP contribution in [0.1, 0.15) is 28.8 Å². The van der Waals surface area contributed by atoms with Crippen molar-refractivity contribution in [3.63, 3.8) is 0 Å². The predicted octanol–water partition coefficient (Wildman–Crippen LogP) is 3.20. The first-order chi connectivity index (χ1) is 13.0. The molecule has 2 rings (SSSR count). The van der Waals surface area contributed by atoms with E-state index in [1.54, 1.807) is 36.4 Å². The van der Waals surface area contributed by atoms with E-state index in [0.717, 1.165) is 5.56 Å². The summed E-state index contributed by atoms with van der Waals surface area (Å²) in [7, 11) is 1.30. The molecule has 0 radical (unpaired) electrons. The summed E-state index contributed by atoms with van der Waals surface area (Å²) < 4.78 is 4.51. The van der Waals surface area contributed by atoms with Gasteiger partial charge < -0.3 is 15.4 Å². The average Bonchev–Trinajstić information content (AvgIpc) is 2.68. The molecule has 0 atom stereocenters. The van der Waals surface area contributed by atoms with E-state index >= 15 is 0 Å². The Balaban J connectivity index is 1.78. The standard InChI is InChI=1S/C20H21ClN2O4/c1-27-19(25)12-13-22-20(26)15-5-9-17(10-6-15)23-18(24)11-4-14-2-7-16(21)8-3-14/h2-3,5-10H,4,11-13H2,1H3,(H,22,26)(H,23,24). The zero-order valence-corrected chi connectivity index (χ0v) is 15.7. The minimum Gasteiger partial charge on any atom is -0.469 e. The second kappa shape index (κ2) is 10.3. The van der Waals surface area contributed by atoms with Crippen LogP contribution < -0.4 is 10.6 Å². The lowest BCUT2D eigenvalue weighted by Gasteiger charge is -2.08. The molecule has 0 spiro atoms. The van der Waals surface area contributed by atoms with Gasteiger partial charge >= 0.3 is 5.97 Å². The van der Waals surface area contributed by atoms with Gasteiger partial charge in [-0.15, -0.1) is 0 Å². The Labute approximate surface area is 162 Å². The lowest BCUT2D eigenvalue weighted by atomic mass is 10.1. The Kier molecular flexibility index (Phi) is 7.82. The summed E-state index contributed by atoms with van der Waals surface area (Å²) in [4.78, 5) is 35.0. The fraction of sp³-hybridized carbons (Fsp3) is 0.250. The fourth-order valence-corrected chi connectivity index (χ4v) is 2.45. The quantitative estimate of drug-likeness (QED) is 0.680. The molecule has 6 nitrogen and oxygen atoms in total. The van der Waals surface area contributed by atoms with Crippen LogP contribution in [0.5, 0.6) is 0 Å². The van der Waals surface area contributed by atoms with Gasteiger partial charge in [0.1, 0.15) is 0 Å². The smallest absolute Gasteiger partial charge is 0.307 e. The first kappa shape index (κ1) is 20.5. The Morgan fingerprint density at radius 3 is 2.26 bits per heavy atom. The van der Waals surface area contributed by atoms with E-state index in [9.17, 15) is 14.4 Å². The van der Waals surface area contributed by atoms with Crippen molar-refractivity contribution >= 4 is 35.1 Å². The second-order valence-corrected chi connectivity index (χ2v) is 6.27. The van der Waals surface area contributed by atoms with Crippen LogP contribution in [0, 0.1) is 0 Å². The molecule has 0 unspecified atom stereocenters. The Hall–Kier alpha value is -2.86. The number of ether oxygens (including phenoxy) is 1. The van der Waals surface area contributed by atoms with Gasteiger partial charge in [0.05, 0.1) is 13.5 Å². The van der Waals surface area contributed by atoms with E-state index in [1.807, 2.05) is 12.1 Å². The third-order valence-electron chi connectivity index (χ3n) is 3.83. The molecule has 0 aromatic heterocycles. The molecular weight excluding hydrogens is 368 g/mol. The summed E-state index contributed by atoms with van der Waals surface area (Å²) in [6.07, 6.45) is 1.07. The van der Waals surface area contributed by atoms with Crippen molar-refractivity contribution in [3.8, 4) is 0 Å². The number of aryl methyl sites for hydroxylation is 1. The summed E-state index contributed by atoms with van der Waals surface area (Å²) in [6, 6.07) is 13.9. The molecule has 7 heteroatoms. The number of rotatable bonds is 8. The molecule has 0 saturated heterocycles. The molecule has 2 aromatic carbocycles. The minimum atomic E-state index is -0.382. The zero-order chi connectivity index (χ0) is 19.6. The molecule has 0 saturated carbocycles. The molecule has 0 aliphatic heterocycles. The number of anilines is 1. The molecule has 0 heterocycles. The Morgan fingerprint density at radius 2 is 1.63 bits per heavy atom. The third kappa shape index (κ3) is 7.11. The first-order valence-corrected chi connectivity index (χ1v) is 8.85. The number of carbonyl (C=O) groups is 3. The van der Waals surface area contributed by atoms with Crippen molar-refractivity contribution in [3.05, 3.63) is 64.7 Å². The summed E-state index contributed by atoms with van der Waals surface area (Å²) in [6.45, 7) is 0.203. The van der Waals surface area contributed by atoms with Gasteiger partial charge in [-0.25, -0.2) is 0 Å². The molecule has 2 amide bonds. The van der Waals surface area contributed by atoms with Crippen molar-refractivity contribution in [1.82, 2.24) is 5.32 Å². The predicted molar refractivity (Wildman–Crippen MR) is 104 cm³/mol. The molecule has 0 aliphatic rings. The van der Waals surface area contributed by atoms with Crippen molar-refractivity contribution < 1.29 is 19.1 Å². The maximum absolute atomic E-state index is 12.0. The van der Waals surface area contributed by atoms with Crippen LogP contribution in [0.2, 0.25) is 5.02 Å². The van der Waals surface area contributed by atoms with Crippen molar-refractivity contribution in [2.45, 2.75) is 19.3 Å². The van der Waals surface area contributed by atoms with Gasteiger partial charge in [-0.1, -0.05) is 23.7 Å². The van der Waals surface area contributed by atoms with Gasteiger partial charge in [0.2, 0.25) is 5.91 Å². The summed E-state index contributed by atoms with van der Waals surface area (Å²) in [5.41, 5.74) is 2.09. The maximum atomic E-state index is 12.0. The number of methoxy groups -OCH3 is 1. The van der Waals surface area contributed by atoms with E-state index in [4.69, 9.17) is 11.6 Å². The monoisotopic (exact) mass is 388 g/mol. The maximum Gasteiger partial charge on any atom is 0.307 e. The van der Waals surface area contributed by atoms with E-state index < -0.39 is 0 Å². The number of carbonyl (C=O) groups excluding carboxylic acids is 3. The molecule has 0 fully saturated rings. The lowest BCUT2D eigenvalue weighted by Crippen LogP contribution is -2.26. The van der Waals surface area contributed by atoms with E-state index in [2.05, 4.69) is 15.4 Å². The van der Waals surface area contributed by atoms with Crippen LogP contribution in [-0.4, -0.2) is 31.4 Å². The number of hydrogen-bond donors (Lipinski definition) is 2. The van der Waals surface area contributed by atoms with Crippen molar-refractivity contribution in [2.24, 2.45) is 0 Å². The molecule has 2 aromatic rings. The van der Waals surface area contributed by atoms with Gasteiger partial charge in [-0.3, -0.25) is 14.4 Å². The van der Waals surface area contributed by atoms with Crippen LogP contribution in [0.3, 0.4) is 0 Å². The summed E-state index contributed by atoms with van der Waals surface area (Å²) in [5, 5.41) is 6.09. The van der Waals surface area contributed by atoms with Crippen LogP contribution in [0.4, 0.5) is 5.69 Å². The van der Waals surface area contributed by atoms with Crippen LogP contribution in [0.15, 0.2) is 48.5 Å². The highest BCUT2D eigenvalue weighted by Crippen LogP contribution is 2.13. The number of hydrogen-bond acceptors (Lipinski definition) is 4. The van der Waals surface area contributed by atoms with E-state index in [1.165, 1.54) is 7.11 Å². The number of nitrogens with one attached hydrogen (secondary N) is 2. The Morgan fingerprint density at radius 1 is 0.963 bits per heavy atom. The second-order valence-electron chi connectivity index (χ2n) is 5.83. The number of amides is 2. The molecular formula is C20H21ClN2O4. The SMILES string of the molecule is COC(=O)CCNC(=O)c1ccc(NC(=O)CCc2ccc(Cl)cc2)cc1. The molecule has 142 valence electrons.